The molecule has 3 fully saturated rings. The Balaban J connectivity index is 1.66. The van der Waals surface area contributed by atoms with Crippen LogP contribution in [0.3, 0.4) is 0 Å². The number of rotatable bonds is 5. The van der Waals surface area contributed by atoms with E-state index in [2.05, 4.69) is 38.3 Å². The van der Waals surface area contributed by atoms with Crippen molar-refractivity contribution in [2.24, 2.45) is 21.7 Å². The summed E-state index contributed by atoms with van der Waals surface area (Å²) < 4.78 is 11.7. The largest absolute Gasteiger partial charge is 0.379 e. The Morgan fingerprint density at radius 3 is 2.67 bits per heavy atom. The van der Waals surface area contributed by atoms with Crippen molar-refractivity contribution < 1.29 is 9.47 Å². The molecule has 2 saturated carbocycles. The molecule has 4 atom stereocenters. The summed E-state index contributed by atoms with van der Waals surface area (Å²) in [5.41, 5.74) is 0.466. The van der Waals surface area contributed by atoms with Crippen LogP contribution in [0.25, 0.3) is 0 Å². The van der Waals surface area contributed by atoms with Gasteiger partial charge in [-0.15, -0.1) is 0 Å². The predicted octanol–water partition coefficient (Wildman–Crippen LogP) is 2.56. The first kappa shape index (κ1) is 18.0. The Hall–Kier alpha value is -0.810. The Morgan fingerprint density at radius 2 is 2.12 bits per heavy atom. The van der Waals surface area contributed by atoms with Crippen LogP contribution < -0.4 is 10.6 Å². The number of hydrogen-bond acceptors (Lipinski definition) is 3. The van der Waals surface area contributed by atoms with E-state index in [9.17, 15) is 0 Å². The molecule has 2 N–H and O–H groups in total. The van der Waals surface area contributed by atoms with Crippen molar-refractivity contribution in [3.63, 3.8) is 0 Å². The second-order valence-corrected chi connectivity index (χ2v) is 8.76. The van der Waals surface area contributed by atoms with Crippen LogP contribution in [0, 0.1) is 16.7 Å². The fourth-order valence-electron chi connectivity index (χ4n) is 4.80. The zero-order valence-electron chi connectivity index (χ0n) is 16.0. The van der Waals surface area contributed by atoms with Crippen LogP contribution in [0.1, 0.15) is 53.4 Å². The number of ether oxygens (including phenoxy) is 2. The van der Waals surface area contributed by atoms with Crippen LogP contribution in [-0.4, -0.2) is 51.0 Å². The minimum Gasteiger partial charge on any atom is -0.379 e. The molecule has 4 unspecified atom stereocenters. The number of fused-ring (bicyclic) bond motifs is 2. The van der Waals surface area contributed by atoms with Gasteiger partial charge in [-0.1, -0.05) is 27.2 Å². The molecule has 0 bridgehead atoms. The molecule has 1 saturated heterocycles. The monoisotopic (exact) mass is 337 g/mol. The Morgan fingerprint density at radius 1 is 1.38 bits per heavy atom. The summed E-state index contributed by atoms with van der Waals surface area (Å²) in [6.07, 6.45) is 5.74. The van der Waals surface area contributed by atoms with E-state index in [1.54, 1.807) is 7.11 Å². The highest BCUT2D eigenvalue weighted by Gasteiger charge is 2.66. The maximum Gasteiger partial charge on any atom is 0.191 e. The summed E-state index contributed by atoms with van der Waals surface area (Å²) in [4.78, 5) is 4.84. The second kappa shape index (κ2) is 6.83. The van der Waals surface area contributed by atoms with Gasteiger partial charge in [0.1, 0.15) is 0 Å². The van der Waals surface area contributed by atoms with Crippen molar-refractivity contribution in [1.82, 2.24) is 10.6 Å². The van der Waals surface area contributed by atoms with Crippen molar-refractivity contribution in [1.29, 1.82) is 0 Å². The predicted molar refractivity (Wildman–Crippen MR) is 97.3 cm³/mol. The summed E-state index contributed by atoms with van der Waals surface area (Å²) >= 11 is 0. The molecule has 3 rings (SSSR count). The summed E-state index contributed by atoms with van der Waals surface area (Å²) in [5, 5.41) is 7.17. The molecule has 0 aromatic rings. The van der Waals surface area contributed by atoms with Crippen LogP contribution in [0.15, 0.2) is 4.99 Å². The highest BCUT2D eigenvalue weighted by atomic mass is 16.5. The third-order valence-corrected chi connectivity index (χ3v) is 6.34. The highest BCUT2D eigenvalue weighted by molar-refractivity contribution is 5.80. The maximum atomic E-state index is 6.02. The van der Waals surface area contributed by atoms with Gasteiger partial charge in [-0.3, -0.25) is 4.99 Å². The van der Waals surface area contributed by atoms with Crippen molar-refractivity contribution in [3.8, 4) is 0 Å². The first-order valence-corrected chi connectivity index (χ1v) is 9.61. The lowest BCUT2D eigenvalue weighted by Gasteiger charge is -2.63. The van der Waals surface area contributed by atoms with Gasteiger partial charge in [-0.05, 0) is 31.6 Å². The Bertz CT molecular complexity index is 468. The molecule has 0 amide bonds. The lowest BCUT2D eigenvalue weighted by molar-refractivity contribution is -0.171. The van der Waals surface area contributed by atoms with Gasteiger partial charge < -0.3 is 20.1 Å². The normalized spacial score (nSPS) is 32.7. The van der Waals surface area contributed by atoms with E-state index in [0.717, 1.165) is 19.1 Å². The van der Waals surface area contributed by atoms with Gasteiger partial charge in [0.15, 0.2) is 5.96 Å². The molecule has 5 heteroatoms. The van der Waals surface area contributed by atoms with E-state index in [1.165, 1.54) is 25.7 Å². The zero-order valence-corrected chi connectivity index (χ0v) is 16.0. The molecular weight excluding hydrogens is 302 g/mol. The number of nitrogens with one attached hydrogen (secondary N) is 2. The van der Waals surface area contributed by atoms with E-state index >= 15 is 0 Å². The standard InChI is InChI=1S/C19H35N3O2/c1-6-20-17(21-12-14(23-5)18(2,3)4)22-15-13-8-11-24-16(13)19(15)9-7-10-19/h13-16H,6-12H2,1-5H3,(H2,20,21,22). The van der Waals surface area contributed by atoms with Gasteiger partial charge in [-0.25, -0.2) is 0 Å². The number of methoxy groups -OCH3 is 1. The first-order chi connectivity index (χ1) is 11.4. The van der Waals surface area contributed by atoms with Crippen molar-refractivity contribution >= 4 is 5.96 Å². The molecule has 0 aromatic carbocycles. The number of nitrogens with zero attached hydrogens (tertiary/aromatic N) is 1. The van der Waals surface area contributed by atoms with E-state index in [4.69, 9.17) is 14.5 Å². The summed E-state index contributed by atoms with van der Waals surface area (Å²) in [6.45, 7) is 11.2. The maximum absolute atomic E-state index is 6.02. The molecule has 24 heavy (non-hydrogen) atoms. The third-order valence-electron chi connectivity index (χ3n) is 6.34. The van der Waals surface area contributed by atoms with Crippen molar-refractivity contribution in [3.05, 3.63) is 0 Å². The quantitative estimate of drug-likeness (QED) is 0.598. The first-order valence-electron chi connectivity index (χ1n) is 9.61. The van der Waals surface area contributed by atoms with Crippen molar-refractivity contribution in [2.45, 2.75) is 71.6 Å². The number of hydrogen-bond donors (Lipinski definition) is 2. The Kier molecular flexibility index (Phi) is 5.12. The van der Waals surface area contributed by atoms with Gasteiger partial charge >= 0.3 is 0 Å². The van der Waals surface area contributed by atoms with E-state index in [1.807, 2.05) is 0 Å². The van der Waals surface area contributed by atoms with Crippen molar-refractivity contribution in [2.75, 3.05) is 26.8 Å². The molecule has 0 aromatic heterocycles. The highest BCUT2D eigenvalue weighted by Crippen LogP contribution is 2.62. The molecule has 2 aliphatic carbocycles. The summed E-state index contributed by atoms with van der Waals surface area (Å²) in [7, 11) is 1.78. The summed E-state index contributed by atoms with van der Waals surface area (Å²) in [6, 6.07) is 0.521. The molecule has 3 aliphatic rings. The SMILES string of the molecule is CCNC(=NCC(OC)C(C)(C)C)NC1C2CCOC2C12CCC2. The van der Waals surface area contributed by atoms with E-state index in [-0.39, 0.29) is 11.5 Å². The van der Waals surface area contributed by atoms with Gasteiger partial charge in [0, 0.05) is 37.6 Å². The van der Waals surface area contributed by atoms with Crippen LogP contribution in [0.4, 0.5) is 0 Å². The smallest absolute Gasteiger partial charge is 0.191 e. The van der Waals surface area contributed by atoms with Gasteiger partial charge in [0.2, 0.25) is 0 Å². The van der Waals surface area contributed by atoms with Crippen LogP contribution in [0.2, 0.25) is 0 Å². The topological polar surface area (TPSA) is 54.9 Å². The zero-order chi connectivity index (χ0) is 17.4. The molecular formula is C19H35N3O2. The van der Waals surface area contributed by atoms with E-state index in [0.29, 0.717) is 30.0 Å². The van der Waals surface area contributed by atoms with Gasteiger partial charge in [-0.2, -0.15) is 0 Å². The van der Waals surface area contributed by atoms with E-state index < -0.39 is 0 Å². The fraction of sp³-hybridized carbons (Fsp3) is 0.947. The van der Waals surface area contributed by atoms with Gasteiger partial charge in [0.25, 0.3) is 0 Å². The van der Waals surface area contributed by atoms with Gasteiger partial charge in [0.05, 0.1) is 18.8 Å². The molecule has 0 radical (unpaired) electrons. The molecule has 1 spiro atoms. The molecule has 5 nitrogen and oxygen atoms in total. The third kappa shape index (κ3) is 3.05. The lowest BCUT2D eigenvalue weighted by Crippen LogP contribution is -2.72. The molecule has 138 valence electrons. The minimum atomic E-state index is 0.0889. The molecule has 1 heterocycles. The van der Waals surface area contributed by atoms with Crippen LogP contribution in [-0.2, 0) is 9.47 Å². The van der Waals surface area contributed by atoms with Crippen LogP contribution >= 0.6 is 0 Å². The fourth-order valence-corrected chi connectivity index (χ4v) is 4.80. The second-order valence-electron chi connectivity index (χ2n) is 8.76. The Labute approximate surface area is 147 Å². The number of guanidine groups is 1. The average molecular weight is 338 g/mol. The molecule has 1 aliphatic heterocycles. The van der Waals surface area contributed by atoms with Crippen LogP contribution in [0.5, 0.6) is 0 Å². The lowest BCUT2D eigenvalue weighted by atomic mass is 9.46. The average Bonchev–Trinajstić information content (AvgIpc) is 2.87. The minimum absolute atomic E-state index is 0.0889. The number of aliphatic imine (C=N–C) groups is 1. The summed E-state index contributed by atoms with van der Waals surface area (Å²) in [5.74, 6) is 1.60.